The predicted octanol–water partition coefficient (Wildman–Crippen LogP) is 3.12. The van der Waals surface area contributed by atoms with Crippen LogP contribution in [0.25, 0.3) is 0 Å². The number of rotatable bonds is 22. The van der Waals surface area contributed by atoms with Crippen molar-refractivity contribution in [2.24, 2.45) is 5.73 Å². The predicted molar refractivity (Wildman–Crippen MR) is 126 cm³/mol. The zero-order chi connectivity index (χ0) is 22.7. The van der Waals surface area contributed by atoms with Crippen molar-refractivity contribution >= 4 is 17.6 Å². The lowest BCUT2D eigenvalue weighted by atomic mass is 10.1. The summed E-state index contributed by atoms with van der Waals surface area (Å²) in [5.41, 5.74) is 5.81. The Morgan fingerprint density at radius 2 is 0.833 bits per heavy atom. The second-order valence-electron chi connectivity index (χ2n) is 7.55. The minimum Gasteiger partial charge on any atom is -0.377 e. The van der Waals surface area contributed by atoms with Crippen LogP contribution in [-0.2, 0) is 26.6 Å². The second kappa shape index (κ2) is 18.7. The molecule has 182 valence electrons. The maximum absolute atomic E-state index is 5.81. The fourth-order valence-corrected chi connectivity index (χ4v) is 7.28. The summed E-state index contributed by atoms with van der Waals surface area (Å²) in [5.74, 6) is 0. The van der Waals surface area contributed by atoms with Gasteiger partial charge in [-0.15, -0.1) is 0 Å². The van der Waals surface area contributed by atoms with Crippen molar-refractivity contribution in [3.8, 4) is 0 Å². The van der Waals surface area contributed by atoms with E-state index in [9.17, 15) is 0 Å². The van der Waals surface area contributed by atoms with Crippen molar-refractivity contribution in [1.29, 1.82) is 0 Å². The first-order chi connectivity index (χ1) is 14.5. The van der Waals surface area contributed by atoms with Gasteiger partial charge in [-0.05, 0) is 38.8 Å². The highest BCUT2D eigenvalue weighted by atomic mass is 28.4. The molecule has 0 saturated carbocycles. The Hall–Kier alpha value is 0.114. The molecule has 0 aromatic carbocycles. The van der Waals surface area contributed by atoms with E-state index in [2.05, 4.69) is 4.90 Å². The molecule has 10 heteroatoms. The molecule has 0 heterocycles. The number of hydrogen-bond donors (Lipinski definition) is 1. The summed E-state index contributed by atoms with van der Waals surface area (Å²) in [6, 6.07) is 1.75. The Morgan fingerprint density at radius 1 is 0.500 bits per heavy atom. The van der Waals surface area contributed by atoms with Crippen molar-refractivity contribution in [3.05, 3.63) is 0 Å². The Balaban J connectivity index is 3.93. The van der Waals surface area contributed by atoms with Crippen LogP contribution in [0.2, 0.25) is 12.1 Å². The van der Waals surface area contributed by atoms with E-state index in [1.165, 1.54) is 38.5 Å². The SMILES string of the molecule is CO[Si](CCCCCCN(CCN)CCCCCC[Si](OC)(OC)OC)(OC)OC. The lowest BCUT2D eigenvalue weighted by Crippen LogP contribution is -2.42. The van der Waals surface area contributed by atoms with E-state index in [0.717, 1.165) is 44.6 Å². The van der Waals surface area contributed by atoms with E-state index in [-0.39, 0.29) is 0 Å². The van der Waals surface area contributed by atoms with Gasteiger partial charge in [0.15, 0.2) is 0 Å². The molecule has 0 amide bonds. The third kappa shape index (κ3) is 12.2. The first-order valence-electron chi connectivity index (χ1n) is 11.2. The van der Waals surface area contributed by atoms with Gasteiger partial charge in [-0.2, -0.15) is 0 Å². The molecular formula is C20H48N2O6Si2. The summed E-state index contributed by atoms with van der Waals surface area (Å²) in [7, 11) is 5.24. The number of nitrogens with two attached hydrogens (primary N) is 1. The van der Waals surface area contributed by atoms with E-state index in [1.54, 1.807) is 42.7 Å². The van der Waals surface area contributed by atoms with Gasteiger partial charge in [0.2, 0.25) is 0 Å². The van der Waals surface area contributed by atoms with E-state index in [1.807, 2.05) is 0 Å². The molecule has 0 aliphatic heterocycles. The van der Waals surface area contributed by atoms with Crippen LogP contribution in [0.1, 0.15) is 51.4 Å². The van der Waals surface area contributed by atoms with Gasteiger partial charge in [0.1, 0.15) is 0 Å². The van der Waals surface area contributed by atoms with Crippen LogP contribution in [-0.4, -0.2) is 91.3 Å². The number of hydrogen-bond acceptors (Lipinski definition) is 8. The van der Waals surface area contributed by atoms with Gasteiger partial charge >= 0.3 is 17.6 Å². The highest BCUT2D eigenvalue weighted by molar-refractivity contribution is 6.60. The van der Waals surface area contributed by atoms with Crippen molar-refractivity contribution in [2.45, 2.75) is 63.5 Å². The van der Waals surface area contributed by atoms with Crippen molar-refractivity contribution in [3.63, 3.8) is 0 Å². The minimum atomic E-state index is -2.41. The molecule has 30 heavy (non-hydrogen) atoms. The quantitative estimate of drug-likeness (QED) is 0.192. The molecule has 0 radical (unpaired) electrons. The molecule has 0 bridgehead atoms. The van der Waals surface area contributed by atoms with E-state index in [4.69, 9.17) is 32.3 Å². The molecule has 0 atom stereocenters. The molecule has 0 aromatic heterocycles. The second-order valence-corrected chi connectivity index (χ2v) is 13.7. The Labute approximate surface area is 187 Å². The summed E-state index contributed by atoms with van der Waals surface area (Å²) < 4.78 is 32.9. The van der Waals surface area contributed by atoms with Crippen molar-refractivity contribution < 1.29 is 26.6 Å². The Kier molecular flexibility index (Phi) is 18.7. The van der Waals surface area contributed by atoms with Gasteiger partial charge in [0.25, 0.3) is 0 Å². The van der Waals surface area contributed by atoms with Crippen molar-refractivity contribution in [2.75, 3.05) is 68.8 Å². The zero-order valence-electron chi connectivity index (χ0n) is 20.4. The lowest BCUT2D eigenvalue weighted by molar-refractivity contribution is 0.122. The Bertz CT molecular complexity index is 340. The molecule has 0 rings (SSSR count). The first-order valence-corrected chi connectivity index (χ1v) is 15.1. The summed E-state index contributed by atoms with van der Waals surface area (Å²) in [4.78, 5) is 2.50. The van der Waals surface area contributed by atoms with Gasteiger partial charge in [-0.1, -0.05) is 25.7 Å². The normalized spacial score (nSPS) is 12.8. The van der Waals surface area contributed by atoms with Crippen LogP contribution in [0, 0.1) is 0 Å². The molecule has 0 aliphatic rings. The molecular weight excluding hydrogens is 420 g/mol. The summed E-state index contributed by atoms with van der Waals surface area (Å²) in [6.07, 6.45) is 9.32. The van der Waals surface area contributed by atoms with Crippen LogP contribution in [0.4, 0.5) is 0 Å². The Morgan fingerprint density at radius 3 is 1.13 bits per heavy atom. The molecule has 0 saturated heterocycles. The zero-order valence-corrected chi connectivity index (χ0v) is 22.4. The summed E-state index contributed by atoms with van der Waals surface area (Å²) in [5, 5.41) is 0. The minimum absolute atomic E-state index is 0.716. The highest BCUT2D eigenvalue weighted by Gasteiger charge is 2.37. The monoisotopic (exact) mass is 468 g/mol. The topological polar surface area (TPSA) is 84.6 Å². The summed E-state index contributed by atoms with van der Waals surface area (Å²) >= 11 is 0. The average molecular weight is 469 g/mol. The van der Waals surface area contributed by atoms with Crippen LogP contribution in [0.3, 0.4) is 0 Å². The van der Waals surface area contributed by atoms with E-state index >= 15 is 0 Å². The third-order valence-electron chi connectivity index (χ3n) is 5.73. The van der Waals surface area contributed by atoms with Crippen LogP contribution < -0.4 is 5.73 Å². The number of unbranched alkanes of at least 4 members (excludes halogenated alkanes) is 6. The van der Waals surface area contributed by atoms with Crippen molar-refractivity contribution in [1.82, 2.24) is 4.90 Å². The molecule has 0 aromatic rings. The molecule has 0 aliphatic carbocycles. The maximum Gasteiger partial charge on any atom is 0.500 e. The lowest BCUT2D eigenvalue weighted by Gasteiger charge is -2.24. The van der Waals surface area contributed by atoms with Crippen LogP contribution >= 0.6 is 0 Å². The fourth-order valence-electron chi connectivity index (χ4n) is 3.69. The highest BCUT2D eigenvalue weighted by Crippen LogP contribution is 2.19. The third-order valence-corrected chi connectivity index (χ3v) is 11.4. The molecule has 8 nitrogen and oxygen atoms in total. The summed E-state index contributed by atoms with van der Waals surface area (Å²) in [6.45, 7) is 3.92. The van der Waals surface area contributed by atoms with E-state index in [0.29, 0.717) is 6.54 Å². The standard InChI is InChI=1S/C20H48N2O6Si2/c1-23-29(24-2,25-3)19-13-9-7-11-16-22(18-15-21)17-12-8-10-14-20-30(26-4,27-5)28-6/h7-21H2,1-6H3. The fraction of sp³-hybridized carbons (Fsp3) is 1.00. The molecule has 0 unspecified atom stereocenters. The maximum atomic E-state index is 5.81. The van der Waals surface area contributed by atoms with Gasteiger partial charge in [-0.3, -0.25) is 0 Å². The first kappa shape index (κ1) is 30.1. The van der Waals surface area contributed by atoms with Gasteiger partial charge < -0.3 is 37.2 Å². The van der Waals surface area contributed by atoms with E-state index < -0.39 is 17.6 Å². The van der Waals surface area contributed by atoms with Crippen LogP contribution in [0.15, 0.2) is 0 Å². The smallest absolute Gasteiger partial charge is 0.377 e. The average Bonchev–Trinajstić information content (AvgIpc) is 2.79. The van der Waals surface area contributed by atoms with Crippen LogP contribution in [0.5, 0.6) is 0 Å². The largest absolute Gasteiger partial charge is 0.500 e. The molecule has 2 N–H and O–H groups in total. The van der Waals surface area contributed by atoms with Gasteiger partial charge in [0, 0.05) is 67.8 Å². The number of nitrogens with zero attached hydrogens (tertiary/aromatic N) is 1. The van der Waals surface area contributed by atoms with Gasteiger partial charge in [-0.25, -0.2) is 0 Å². The molecule has 0 fully saturated rings. The molecule has 0 spiro atoms. The van der Waals surface area contributed by atoms with Gasteiger partial charge in [0.05, 0.1) is 0 Å².